The monoisotopic (exact) mass is 473 g/mol. The van der Waals surface area contributed by atoms with Crippen molar-refractivity contribution in [2.45, 2.75) is 13.8 Å². The number of carbonyl (C=O) groups excluding carboxylic acids is 1. The third kappa shape index (κ3) is 5.18. The smallest absolute Gasteiger partial charge is 0.270 e. The van der Waals surface area contributed by atoms with Gasteiger partial charge in [-0.25, -0.2) is 4.99 Å². The number of nitro groups is 1. The van der Waals surface area contributed by atoms with Gasteiger partial charge in [-0.2, -0.15) is 10.2 Å². The zero-order valence-electron chi connectivity index (χ0n) is 18.2. The number of aromatic hydroxyl groups is 1. The summed E-state index contributed by atoms with van der Waals surface area (Å²) in [5.74, 6) is -0.570. The van der Waals surface area contributed by atoms with Crippen molar-refractivity contribution in [3.8, 4) is 5.75 Å². The number of benzene rings is 3. The molecule has 0 atom stereocenters. The summed E-state index contributed by atoms with van der Waals surface area (Å²) in [6.45, 7) is 3.85. The Balaban J connectivity index is 1.53. The van der Waals surface area contributed by atoms with E-state index < -0.39 is 10.8 Å². The maximum absolute atomic E-state index is 12.4. The molecule has 0 radical (unpaired) electrons. The number of phenolic OH excluding ortho intramolecular Hbond substituents is 1. The Hall–Kier alpha value is -4.31. The predicted octanol–water partition coefficient (Wildman–Crippen LogP) is 6.22. The van der Waals surface area contributed by atoms with Crippen molar-refractivity contribution in [2.75, 3.05) is 0 Å². The zero-order valence-corrected chi connectivity index (χ0v) is 19.0. The number of nitrogens with zero attached hydrogens (tertiary/aromatic N) is 4. The van der Waals surface area contributed by atoms with Crippen molar-refractivity contribution >= 4 is 51.7 Å². The van der Waals surface area contributed by atoms with E-state index in [9.17, 15) is 20.0 Å². The number of nitro benzene ring substituents is 1. The molecule has 1 aliphatic heterocycles. The molecular formula is C24H19N5O4S. The first kappa shape index (κ1) is 22.9. The largest absolute Gasteiger partial charge is 0.507 e. The maximum atomic E-state index is 12.4. The van der Waals surface area contributed by atoms with Gasteiger partial charge in [0, 0.05) is 17.7 Å². The number of nitrogens with one attached hydrogen (secondary N) is 1. The first-order chi connectivity index (χ1) is 16.3. The minimum absolute atomic E-state index is 0.164. The highest BCUT2D eigenvalue weighted by atomic mass is 32.2. The number of non-ortho nitro benzene ring substituents is 1. The van der Waals surface area contributed by atoms with Gasteiger partial charge in [-0.15, -0.1) is 0 Å². The highest BCUT2D eigenvalue weighted by Gasteiger charge is 2.25. The van der Waals surface area contributed by atoms with Crippen molar-refractivity contribution in [2.24, 2.45) is 15.2 Å². The summed E-state index contributed by atoms with van der Waals surface area (Å²) in [6, 6.07) is 16.8. The van der Waals surface area contributed by atoms with Gasteiger partial charge in [0.15, 0.2) is 5.17 Å². The fourth-order valence-corrected chi connectivity index (χ4v) is 3.94. The molecule has 1 aliphatic rings. The van der Waals surface area contributed by atoms with Crippen LogP contribution in [0.2, 0.25) is 0 Å². The SMILES string of the molecule is Cc1ccccc1N=Nc1ccc(N=C2NC(=O)/C(=C/c3cc([N+](=O)[O-])ccc3O)S2)c(C)c1. The second-order valence-corrected chi connectivity index (χ2v) is 8.47. The van der Waals surface area contributed by atoms with Crippen molar-refractivity contribution in [3.05, 3.63) is 92.4 Å². The molecule has 0 aliphatic carbocycles. The number of phenols is 1. The van der Waals surface area contributed by atoms with E-state index in [0.717, 1.165) is 28.6 Å². The number of thioether (sulfide) groups is 1. The van der Waals surface area contributed by atoms with Gasteiger partial charge >= 0.3 is 0 Å². The molecular weight excluding hydrogens is 454 g/mol. The van der Waals surface area contributed by atoms with Crippen molar-refractivity contribution in [1.82, 2.24) is 5.32 Å². The van der Waals surface area contributed by atoms with Crippen LogP contribution in [0.4, 0.5) is 22.7 Å². The summed E-state index contributed by atoms with van der Waals surface area (Å²) in [6.07, 6.45) is 1.40. The van der Waals surface area contributed by atoms with Gasteiger partial charge in [0.1, 0.15) is 5.75 Å². The third-order valence-corrected chi connectivity index (χ3v) is 5.86. The van der Waals surface area contributed by atoms with Crippen LogP contribution in [0.15, 0.2) is 80.8 Å². The average molecular weight is 474 g/mol. The molecule has 4 rings (SSSR count). The van der Waals surface area contributed by atoms with Crippen LogP contribution >= 0.6 is 11.8 Å². The van der Waals surface area contributed by atoms with Crippen LogP contribution in [-0.2, 0) is 4.79 Å². The van der Waals surface area contributed by atoms with E-state index in [1.807, 2.05) is 44.2 Å². The number of aryl methyl sites for hydroxylation is 2. The summed E-state index contributed by atoms with van der Waals surface area (Å²) < 4.78 is 0. The van der Waals surface area contributed by atoms with Crippen LogP contribution in [0.25, 0.3) is 6.08 Å². The molecule has 0 spiro atoms. The van der Waals surface area contributed by atoms with E-state index in [4.69, 9.17) is 0 Å². The van der Waals surface area contributed by atoms with Gasteiger partial charge < -0.3 is 10.4 Å². The number of azo groups is 1. The normalized spacial score (nSPS) is 15.9. The first-order valence-electron chi connectivity index (χ1n) is 10.1. The quantitative estimate of drug-likeness (QED) is 0.196. The molecule has 1 fully saturated rings. The molecule has 9 nitrogen and oxygen atoms in total. The topological polar surface area (TPSA) is 130 Å². The number of carbonyl (C=O) groups is 1. The molecule has 170 valence electrons. The Morgan fingerprint density at radius 3 is 2.53 bits per heavy atom. The second kappa shape index (κ2) is 9.67. The lowest BCUT2D eigenvalue weighted by atomic mass is 10.1. The maximum Gasteiger partial charge on any atom is 0.270 e. The minimum atomic E-state index is -0.566. The lowest BCUT2D eigenvalue weighted by Crippen LogP contribution is -2.19. The lowest BCUT2D eigenvalue weighted by Gasteiger charge is -2.03. The molecule has 3 aromatic carbocycles. The van der Waals surface area contributed by atoms with E-state index in [0.29, 0.717) is 16.5 Å². The molecule has 1 heterocycles. The van der Waals surface area contributed by atoms with Gasteiger partial charge in [-0.3, -0.25) is 14.9 Å². The molecule has 2 N–H and O–H groups in total. The van der Waals surface area contributed by atoms with E-state index in [2.05, 4.69) is 20.5 Å². The van der Waals surface area contributed by atoms with E-state index in [1.165, 1.54) is 24.3 Å². The molecule has 1 saturated heterocycles. The predicted molar refractivity (Wildman–Crippen MR) is 132 cm³/mol. The number of hydrogen-bond acceptors (Lipinski definition) is 8. The average Bonchev–Trinajstić information content (AvgIpc) is 3.14. The lowest BCUT2D eigenvalue weighted by molar-refractivity contribution is -0.384. The van der Waals surface area contributed by atoms with Crippen LogP contribution in [0.3, 0.4) is 0 Å². The van der Waals surface area contributed by atoms with Crippen LogP contribution < -0.4 is 5.32 Å². The molecule has 0 saturated carbocycles. The van der Waals surface area contributed by atoms with Crippen LogP contribution in [0, 0.1) is 24.0 Å². The standard InChI is InChI=1S/C24H19N5O4S/c1-14-5-3-4-6-20(14)28-27-17-7-9-19(15(2)11-17)25-24-26-23(31)22(34-24)13-16-12-18(29(32)33)8-10-21(16)30/h3-13,30H,1-2H3,(H,25,26,31)/b22-13-,28-27?. The van der Waals surface area contributed by atoms with Crippen LogP contribution in [-0.4, -0.2) is 21.1 Å². The summed E-state index contributed by atoms with van der Waals surface area (Å²) >= 11 is 1.08. The Labute approximate surface area is 199 Å². The summed E-state index contributed by atoms with van der Waals surface area (Å²) in [5, 5.41) is 32.6. The van der Waals surface area contributed by atoms with E-state index >= 15 is 0 Å². The Morgan fingerprint density at radius 2 is 1.79 bits per heavy atom. The molecule has 0 aromatic heterocycles. The zero-order chi connectivity index (χ0) is 24.2. The number of amides is 1. The molecule has 34 heavy (non-hydrogen) atoms. The fourth-order valence-electron chi connectivity index (χ4n) is 3.12. The molecule has 0 unspecified atom stereocenters. The van der Waals surface area contributed by atoms with E-state index in [-0.39, 0.29) is 21.9 Å². The Bertz CT molecular complexity index is 1400. The number of aliphatic imine (C=N–C) groups is 1. The third-order valence-electron chi connectivity index (χ3n) is 4.95. The highest BCUT2D eigenvalue weighted by Crippen LogP contribution is 2.33. The number of amidine groups is 1. The molecule has 0 bridgehead atoms. The molecule has 3 aromatic rings. The Morgan fingerprint density at radius 1 is 1.00 bits per heavy atom. The van der Waals surface area contributed by atoms with E-state index in [1.54, 1.807) is 12.1 Å². The summed E-state index contributed by atoms with van der Waals surface area (Å²) in [5.41, 5.74) is 3.99. The first-order valence-corrected chi connectivity index (χ1v) is 11.0. The van der Waals surface area contributed by atoms with Gasteiger partial charge in [0.25, 0.3) is 11.6 Å². The number of rotatable bonds is 5. The van der Waals surface area contributed by atoms with Crippen molar-refractivity contribution in [3.63, 3.8) is 0 Å². The van der Waals surface area contributed by atoms with Crippen molar-refractivity contribution < 1.29 is 14.8 Å². The van der Waals surface area contributed by atoms with Gasteiger partial charge in [0.2, 0.25) is 0 Å². The number of hydrogen-bond donors (Lipinski definition) is 2. The minimum Gasteiger partial charge on any atom is -0.507 e. The van der Waals surface area contributed by atoms with Gasteiger partial charge in [-0.1, -0.05) is 18.2 Å². The second-order valence-electron chi connectivity index (χ2n) is 7.44. The summed E-state index contributed by atoms with van der Waals surface area (Å²) in [7, 11) is 0. The van der Waals surface area contributed by atoms with Gasteiger partial charge in [-0.05, 0) is 73.1 Å². The van der Waals surface area contributed by atoms with Crippen LogP contribution in [0.1, 0.15) is 16.7 Å². The highest BCUT2D eigenvalue weighted by molar-refractivity contribution is 8.18. The van der Waals surface area contributed by atoms with Crippen LogP contribution in [0.5, 0.6) is 5.75 Å². The van der Waals surface area contributed by atoms with Crippen molar-refractivity contribution in [1.29, 1.82) is 0 Å². The summed E-state index contributed by atoms with van der Waals surface area (Å²) in [4.78, 5) is 27.6. The fraction of sp³-hybridized carbons (Fsp3) is 0.0833. The molecule has 10 heteroatoms. The molecule has 1 amide bonds. The van der Waals surface area contributed by atoms with Gasteiger partial charge in [0.05, 0.1) is 26.9 Å². The Kier molecular flexibility index (Phi) is 6.51.